The molecule has 0 aliphatic heterocycles. The molecule has 1 N–H and O–H groups in total. The molecule has 0 saturated heterocycles. The highest BCUT2D eigenvalue weighted by Gasteiger charge is 2.08. The first kappa shape index (κ1) is 20.2. The van der Waals surface area contributed by atoms with Crippen molar-refractivity contribution < 1.29 is 0 Å². The van der Waals surface area contributed by atoms with Crippen LogP contribution in [0.1, 0.15) is 5.56 Å². The number of rotatable bonds is 7. The summed E-state index contributed by atoms with van der Waals surface area (Å²) in [6.45, 7) is 8.01. The van der Waals surface area contributed by atoms with Gasteiger partial charge in [0, 0.05) is 16.9 Å². The van der Waals surface area contributed by atoms with Crippen LogP contribution in [0.3, 0.4) is 0 Å². The normalized spacial score (nSPS) is 10.7. The lowest BCUT2D eigenvalue weighted by Gasteiger charge is -2.15. The first-order chi connectivity index (χ1) is 15.2. The fraction of sp³-hybridized carbons (Fsp3) is 0. The predicted molar refractivity (Wildman–Crippen MR) is 135 cm³/mol. The Bertz CT molecular complexity index is 1220. The lowest BCUT2D eigenvalue weighted by molar-refractivity contribution is 1.51. The second-order valence-corrected chi connectivity index (χ2v) is 7.32. The molecule has 0 spiro atoms. The molecule has 0 amide bonds. The Labute approximate surface area is 184 Å². The Morgan fingerprint density at radius 2 is 1.32 bits per heavy atom. The summed E-state index contributed by atoms with van der Waals surface area (Å²) in [5, 5.41) is 3.65. The van der Waals surface area contributed by atoms with Gasteiger partial charge in [-0.25, -0.2) is 0 Å². The summed E-state index contributed by atoms with van der Waals surface area (Å²) >= 11 is 0. The van der Waals surface area contributed by atoms with Crippen molar-refractivity contribution in [2.24, 2.45) is 0 Å². The second kappa shape index (κ2) is 9.60. The maximum atomic E-state index is 4.25. The molecule has 31 heavy (non-hydrogen) atoms. The number of nitrogens with one attached hydrogen (secondary N) is 1. The van der Waals surface area contributed by atoms with Crippen molar-refractivity contribution >= 4 is 16.9 Å². The summed E-state index contributed by atoms with van der Waals surface area (Å²) in [4.78, 5) is 0. The molecule has 0 aliphatic rings. The van der Waals surface area contributed by atoms with E-state index in [-0.39, 0.29) is 0 Å². The number of hydrogen-bond acceptors (Lipinski definition) is 1. The van der Waals surface area contributed by atoms with Crippen molar-refractivity contribution in [1.82, 2.24) is 0 Å². The third-order valence-corrected chi connectivity index (χ3v) is 5.14. The van der Waals surface area contributed by atoms with Crippen LogP contribution in [-0.2, 0) is 0 Å². The lowest BCUT2D eigenvalue weighted by Crippen LogP contribution is -1.95. The molecular formula is C30H25N. The van der Waals surface area contributed by atoms with Gasteiger partial charge in [-0.2, -0.15) is 0 Å². The molecule has 4 aromatic carbocycles. The molecule has 4 aromatic rings. The van der Waals surface area contributed by atoms with E-state index in [1.54, 1.807) is 6.08 Å². The second-order valence-electron chi connectivity index (χ2n) is 7.32. The summed E-state index contributed by atoms with van der Waals surface area (Å²) in [6, 6.07) is 35.7. The Hall–Kier alpha value is -4.10. The number of anilines is 2. The van der Waals surface area contributed by atoms with E-state index in [9.17, 15) is 0 Å². The van der Waals surface area contributed by atoms with Crippen molar-refractivity contribution in [2.75, 3.05) is 5.32 Å². The van der Waals surface area contributed by atoms with Gasteiger partial charge in [0.2, 0.25) is 0 Å². The first-order valence-electron chi connectivity index (χ1n) is 10.3. The van der Waals surface area contributed by atoms with E-state index in [1.165, 1.54) is 16.7 Å². The summed E-state index contributed by atoms with van der Waals surface area (Å²) in [5.74, 6) is 0. The van der Waals surface area contributed by atoms with Crippen LogP contribution in [0.25, 0.3) is 27.8 Å². The van der Waals surface area contributed by atoms with Crippen LogP contribution in [-0.4, -0.2) is 0 Å². The molecule has 0 aromatic heterocycles. The SMILES string of the molecule is C=C/C=C\C(=C)c1cc(Nc2ccccc2-c2ccccc2)cc(-c2ccccc2)c1. The van der Waals surface area contributed by atoms with Crippen LogP contribution < -0.4 is 5.32 Å². The monoisotopic (exact) mass is 399 g/mol. The standard InChI is InChI=1S/C30H25N/c1-3-4-13-23(2)26-20-27(24-14-7-5-8-15-24)22-28(21-26)31-30-19-12-11-18-29(30)25-16-9-6-10-17-25/h3-22,31H,1-2H2/b13-4-. The highest BCUT2D eigenvalue weighted by molar-refractivity contribution is 5.85. The molecule has 4 rings (SSSR count). The zero-order valence-corrected chi connectivity index (χ0v) is 17.5. The minimum Gasteiger partial charge on any atom is -0.355 e. The number of benzene rings is 4. The van der Waals surface area contributed by atoms with Crippen molar-refractivity contribution in [1.29, 1.82) is 0 Å². The molecule has 0 saturated carbocycles. The maximum Gasteiger partial charge on any atom is 0.0463 e. The molecule has 0 fully saturated rings. The average Bonchev–Trinajstić information content (AvgIpc) is 2.84. The van der Waals surface area contributed by atoms with Gasteiger partial charge in [0.15, 0.2) is 0 Å². The van der Waals surface area contributed by atoms with Gasteiger partial charge in [-0.05, 0) is 52.1 Å². The predicted octanol–water partition coefficient (Wildman–Crippen LogP) is 8.52. The van der Waals surface area contributed by atoms with Gasteiger partial charge in [-0.3, -0.25) is 0 Å². The number of allylic oxidation sites excluding steroid dienone is 4. The van der Waals surface area contributed by atoms with E-state index in [0.717, 1.165) is 28.1 Å². The fourth-order valence-corrected chi connectivity index (χ4v) is 3.58. The molecule has 1 nitrogen and oxygen atoms in total. The molecule has 0 aliphatic carbocycles. The smallest absolute Gasteiger partial charge is 0.0463 e. The van der Waals surface area contributed by atoms with Gasteiger partial charge < -0.3 is 5.32 Å². The van der Waals surface area contributed by atoms with Crippen LogP contribution in [0, 0.1) is 0 Å². The molecule has 0 atom stereocenters. The Morgan fingerprint density at radius 3 is 2.03 bits per heavy atom. The molecule has 0 radical (unpaired) electrons. The van der Waals surface area contributed by atoms with Crippen LogP contribution in [0.15, 0.2) is 135 Å². The minimum absolute atomic E-state index is 0.942. The van der Waals surface area contributed by atoms with E-state index in [1.807, 2.05) is 24.3 Å². The maximum absolute atomic E-state index is 4.25. The van der Waals surface area contributed by atoms with Crippen LogP contribution >= 0.6 is 0 Å². The van der Waals surface area contributed by atoms with Gasteiger partial charge in [-0.15, -0.1) is 0 Å². The zero-order valence-electron chi connectivity index (χ0n) is 17.5. The summed E-state index contributed by atoms with van der Waals surface area (Å²) in [5.41, 5.74) is 8.76. The van der Waals surface area contributed by atoms with Crippen LogP contribution in [0.5, 0.6) is 0 Å². The zero-order chi connectivity index (χ0) is 21.5. The van der Waals surface area contributed by atoms with Gasteiger partial charge in [0.25, 0.3) is 0 Å². The van der Waals surface area contributed by atoms with Crippen LogP contribution in [0.4, 0.5) is 11.4 Å². The van der Waals surface area contributed by atoms with Gasteiger partial charge in [-0.1, -0.05) is 110 Å². The summed E-state index contributed by atoms with van der Waals surface area (Å²) in [7, 11) is 0. The largest absolute Gasteiger partial charge is 0.355 e. The highest BCUT2D eigenvalue weighted by Crippen LogP contribution is 2.33. The van der Waals surface area contributed by atoms with E-state index >= 15 is 0 Å². The molecule has 150 valence electrons. The minimum atomic E-state index is 0.942. The molecular weight excluding hydrogens is 374 g/mol. The number of hydrogen-bond donors (Lipinski definition) is 1. The van der Waals surface area contributed by atoms with Crippen molar-refractivity contribution in [3.05, 3.63) is 140 Å². The lowest BCUT2D eigenvalue weighted by atomic mass is 9.98. The number of para-hydroxylation sites is 1. The molecule has 0 heterocycles. The summed E-state index contributed by atoms with van der Waals surface area (Å²) < 4.78 is 0. The Balaban J connectivity index is 1.78. The average molecular weight is 400 g/mol. The topological polar surface area (TPSA) is 12.0 Å². The molecule has 1 heteroatoms. The van der Waals surface area contributed by atoms with E-state index < -0.39 is 0 Å². The van der Waals surface area contributed by atoms with Crippen molar-refractivity contribution in [2.45, 2.75) is 0 Å². The third-order valence-electron chi connectivity index (χ3n) is 5.14. The Morgan fingerprint density at radius 1 is 0.677 bits per heavy atom. The molecule has 0 unspecified atom stereocenters. The van der Waals surface area contributed by atoms with Crippen LogP contribution in [0.2, 0.25) is 0 Å². The van der Waals surface area contributed by atoms with E-state index in [2.05, 4.69) is 109 Å². The van der Waals surface area contributed by atoms with Crippen molar-refractivity contribution in [3.8, 4) is 22.3 Å². The Kier molecular flexibility index (Phi) is 6.25. The quantitative estimate of drug-likeness (QED) is 0.307. The van der Waals surface area contributed by atoms with Crippen molar-refractivity contribution in [3.63, 3.8) is 0 Å². The van der Waals surface area contributed by atoms with E-state index in [0.29, 0.717) is 0 Å². The van der Waals surface area contributed by atoms with E-state index in [4.69, 9.17) is 0 Å². The van der Waals surface area contributed by atoms with Gasteiger partial charge >= 0.3 is 0 Å². The summed E-state index contributed by atoms with van der Waals surface area (Å²) in [6.07, 6.45) is 5.66. The third kappa shape index (κ3) is 4.91. The fourth-order valence-electron chi connectivity index (χ4n) is 3.58. The van der Waals surface area contributed by atoms with Gasteiger partial charge in [0.1, 0.15) is 0 Å². The highest BCUT2D eigenvalue weighted by atomic mass is 14.9. The molecule has 0 bridgehead atoms. The van der Waals surface area contributed by atoms with Gasteiger partial charge in [0.05, 0.1) is 0 Å². The first-order valence-corrected chi connectivity index (χ1v) is 10.3.